The molecule has 7 heteroatoms. The monoisotopic (exact) mass is 388 g/mol. The van der Waals surface area contributed by atoms with Gasteiger partial charge in [0.2, 0.25) is 0 Å². The number of nitrogens with one attached hydrogen (secondary N) is 1. The van der Waals surface area contributed by atoms with Crippen molar-refractivity contribution in [3.8, 4) is 17.1 Å². The third-order valence-corrected chi connectivity index (χ3v) is 4.36. The van der Waals surface area contributed by atoms with Gasteiger partial charge in [-0.3, -0.25) is 4.99 Å². The molecule has 3 aromatic rings. The Hall–Kier alpha value is -3.61. The van der Waals surface area contributed by atoms with Crippen molar-refractivity contribution >= 4 is 22.4 Å². The molecule has 0 saturated heterocycles. The standard InChI is InChI=1S/C22H24N6O/c1-14(6-7-16(3)23-4)10-26-22-18-8-17(21-24-11-15(2)12-25-21)9-19(29-5)20(18)27-13-28-22/h6-9,11-13H,1,10H2,2-5H3,(H,26,27,28)/b7-6-,23-16?. The Morgan fingerprint density at radius 1 is 1.17 bits per heavy atom. The lowest BCUT2D eigenvalue weighted by atomic mass is 10.1. The van der Waals surface area contributed by atoms with Crippen LogP contribution < -0.4 is 10.1 Å². The molecule has 148 valence electrons. The average Bonchev–Trinajstić information content (AvgIpc) is 2.75. The van der Waals surface area contributed by atoms with E-state index in [-0.39, 0.29) is 0 Å². The van der Waals surface area contributed by atoms with Crippen LogP contribution in [0.2, 0.25) is 0 Å². The zero-order chi connectivity index (χ0) is 20.8. The maximum Gasteiger partial charge on any atom is 0.159 e. The summed E-state index contributed by atoms with van der Waals surface area (Å²) in [5.41, 5.74) is 4.40. The number of aliphatic imine (C=N–C) groups is 1. The number of aromatic nitrogens is 4. The van der Waals surface area contributed by atoms with Gasteiger partial charge in [-0.05, 0) is 43.2 Å². The van der Waals surface area contributed by atoms with Gasteiger partial charge in [-0.25, -0.2) is 19.9 Å². The SMILES string of the molecule is C=C(/C=C\C(C)=NC)CNc1ncnc2c(OC)cc(-c3ncc(C)cn3)cc12. The van der Waals surface area contributed by atoms with E-state index in [0.29, 0.717) is 23.9 Å². The van der Waals surface area contributed by atoms with Crippen molar-refractivity contribution in [3.05, 3.63) is 60.7 Å². The number of hydrogen-bond donors (Lipinski definition) is 1. The summed E-state index contributed by atoms with van der Waals surface area (Å²) in [5.74, 6) is 1.95. The van der Waals surface area contributed by atoms with Gasteiger partial charge >= 0.3 is 0 Å². The minimum Gasteiger partial charge on any atom is -0.494 e. The zero-order valence-corrected chi connectivity index (χ0v) is 17.1. The third kappa shape index (κ3) is 4.82. The number of allylic oxidation sites excluding steroid dienone is 1. The minimum absolute atomic E-state index is 0.535. The molecule has 0 fully saturated rings. The van der Waals surface area contributed by atoms with Gasteiger partial charge in [-0.15, -0.1) is 0 Å². The van der Waals surface area contributed by atoms with Crippen molar-refractivity contribution in [2.45, 2.75) is 13.8 Å². The molecule has 0 bridgehead atoms. The van der Waals surface area contributed by atoms with Crippen LogP contribution in [-0.2, 0) is 0 Å². The van der Waals surface area contributed by atoms with Crippen LogP contribution in [0.1, 0.15) is 12.5 Å². The fourth-order valence-electron chi connectivity index (χ4n) is 2.67. The molecular formula is C22H24N6O. The molecule has 1 aromatic carbocycles. The van der Waals surface area contributed by atoms with Gasteiger partial charge in [-0.1, -0.05) is 12.7 Å². The van der Waals surface area contributed by atoms with E-state index < -0.39 is 0 Å². The van der Waals surface area contributed by atoms with Gasteiger partial charge in [0.15, 0.2) is 5.82 Å². The van der Waals surface area contributed by atoms with Gasteiger partial charge in [0.1, 0.15) is 23.4 Å². The van der Waals surface area contributed by atoms with Crippen LogP contribution in [0.25, 0.3) is 22.3 Å². The second kappa shape index (κ2) is 9.05. The fourth-order valence-corrected chi connectivity index (χ4v) is 2.67. The molecule has 0 radical (unpaired) electrons. The Morgan fingerprint density at radius 3 is 2.62 bits per heavy atom. The summed E-state index contributed by atoms with van der Waals surface area (Å²) in [4.78, 5) is 21.7. The molecule has 0 atom stereocenters. The topological polar surface area (TPSA) is 85.2 Å². The second-order valence-corrected chi connectivity index (χ2v) is 6.59. The number of benzene rings is 1. The van der Waals surface area contributed by atoms with E-state index in [1.54, 1.807) is 26.6 Å². The smallest absolute Gasteiger partial charge is 0.159 e. The van der Waals surface area contributed by atoms with E-state index in [2.05, 4.69) is 36.8 Å². The molecule has 3 rings (SSSR count). The normalized spacial score (nSPS) is 11.8. The number of methoxy groups -OCH3 is 1. The Balaban J connectivity index is 1.95. The number of hydrogen-bond acceptors (Lipinski definition) is 7. The van der Waals surface area contributed by atoms with Crippen LogP contribution >= 0.6 is 0 Å². The zero-order valence-electron chi connectivity index (χ0n) is 17.1. The van der Waals surface area contributed by atoms with Crippen molar-refractivity contribution in [3.63, 3.8) is 0 Å². The number of nitrogens with zero attached hydrogens (tertiary/aromatic N) is 5. The number of fused-ring (bicyclic) bond motifs is 1. The highest BCUT2D eigenvalue weighted by atomic mass is 16.5. The van der Waals surface area contributed by atoms with Crippen LogP contribution in [0.4, 0.5) is 5.82 Å². The van der Waals surface area contributed by atoms with E-state index >= 15 is 0 Å². The molecule has 29 heavy (non-hydrogen) atoms. The van der Waals surface area contributed by atoms with Crippen LogP contribution in [0, 0.1) is 6.92 Å². The molecule has 0 aliphatic rings. The first-order valence-corrected chi connectivity index (χ1v) is 9.16. The first kappa shape index (κ1) is 20.1. The quantitative estimate of drug-likeness (QED) is 0.486. The summed E-state index contributed by atoms with van der Waals surface area (Å²) in [5, 5.41) is 4.16. The van der Waals surface area contributed by atoms with Gasteiger partial charge in [-0.2, -0.15) is 0 Å². The lowest BCUT2D eigenvalue weighted by molar-refractivity contribution is 0.419. The van der Waals surface area contributed by atoms with Crippen LogP contribution in [-0.4, -0.2) is 46.3 Å². The Labute approximate surface area is 170 Å². The number of aryl methyl sites for hydroxylation is 1. The molecular weight excluding hydrogens is 364 g/mol. The van der Waals surface area contributed by atoms with Gasteiger partial charge in [0, 0.05) is 42.6 Å². The largest absolute Gasteiger partial charge is 0.494 e. The van der Waals surface area contributed by atoms with Crippen molar-refractivity contribution < 1.29 is 4.74 Å². The molecule has 2 heterocycles. The Bertz CT molecular complexity index is 1090. The number of rotatable bonds is 7. The second-order valence-electron chi connectivity index (χ2n) is 6.59. The fraction of sp³-hybridized carbons (Fsp3) is 0.227. The predicted octanol–water partition coefficient (Wildman–Crippen LogP) is 4.02. The van der Waals surface area contributed by atoms with E-state index in [4.69, 9.17) is 4.74 Å². The van der Waals surface area contributed by atoms with Gasteiger partial charge in [0.05, 0.1) is 7.11 Å². The van der Waals surface area contributed by atoms with E-state index in [0.717, 1.165) is 33.3 Å². The lowest BCUT2D eigenvalue weighted by Crippen LogP contribution is -2.06. The summed E-state index contributed by atoms with van der Waals surface area (Å²) in [6.45, 7) is 8.50. The molecule has 0 aliphatic heterocycles. The van der Waals surface area contributed by atoms with Crippen molar-refractivity contribution in [2.24, 2.45) is 4.99 Å². The van der Waals surface area contributed by atoms with Gasteiger partial charge in [0.25, 0.3) is 0 Å². The number of anilines is 1. The molecule has 0 aliphatic carbocycles. The van der Waals surface area contributed by atoms with Crippen LogP contribution in [0.15, 0.2) is 60.2 Å². The maximum atomic E-state index is 5.56. The van der Waals surface area contributed by atoms with Gasteiger partial charge < -0.3 is 10.1 Å². The Kier molecular flexibility index (Phi) is 6.29. The minimum atomic E-state index is 0.535. The van der Waals surface area contributed by atoms with E-state index in [1.165, 1.54) is 6.33 Å². The Morgan fingerprint density at radius 2 is 1.93 bits per heavy atom. The predicted molar refractivity (Wildman–Crippen MR) is 118 cm³/mol. The average molecular weight is 388 g/mol. The molecule has 0 amide bonds. The molecule has 0 spiro atoms. The summed E-state index contributed by atoms with van der Waals surface area (Å²) >= 11 is 0. The van der Waals surface area contributed by atoms with E-state index in [1.807, 2.05) is 38.1 Å². The maximum absolute atomic E-state index is 5.56. The lowest BCUT2D eigenvalue weighted by Gasteiger charge is -2.12. The van der Waals surface area contributed by atoms with E-state index in [9.17, 15) is 0 Å². The van der Waals surface area contributed by atoms with Crippen molar-refractivity contribution in [1.29, 1.82) is 0 Å². The summed E-state index contributed by atoms with van der Waals surface area (Å²) in [6.07, 6.45) is 8.96. The van der Waals surface area contributed by atoms with Crippen LogP contribution in [0.5, 0.6) is 5.75 Å². The molecule has 7 nitrogen and oxygen atoms in total. The summed E-state index contributed by atoms with van der Waals surface area (Å²) in [6, 6.07) is 3.86. The first-order valence-electron chi connectivity index (χ1n) is 9.16. The van der Waals surface area contributed by atoms with Crippen molar-refractivity contribution in [1.82, 2.24) is 19.9 Å². The number of ether oxygens (including phenoxy) is 1. The highest BCUT2D eigenvalue weighted by Crippen LogP contribution is 2.32. The molecule has 0 unspecified atom stereocenters. The molecule has 1 N–H and O–H groups in total. The highest BCUT2D eigenvalue weighted by Gasteiger charge is 2.13. The first-order chi connectivity index (χ1) is 14.0. The molecule has 0 saturated carbocycles. The highest BCUT2D eigenvalue weighted by molar-refractivity contribution is 5.96. The summed E-state index contributed by atoms with van der Waals surface area (Å²) in [7, 11) is 3.38. The third-order valence-electron chi connectivity index (χ3n) is 4.36. The van der Waals surface area contributed by atoms with Crippen LogP contribution in [0.3, 0.4) is 0 Å². The molecule has 2 aromatic heterocycles. The summed E-state index contributed by atoms with van der Waals surface area (Å²) < 4.78 is 5.56. The van der Waals surface area contributed by atoms with Crippen molar-refractivity contribution in [2.75, 3.05) is 26.0 Å².